The summed E-state index contributed by atoms with van der Waals surface area (Å²) in [5.74, 6) is -0.00381. The van der Waals surface area contributed by atoms with Crippen molar-refractivity contribution in [1.29, 1.82) is 0 Å². The summed E-state index contributed by atoms with van der Waals surface area (Å²) in [7, 11) is -3.61. The lowest BCUT2D eigenvalue weighted by Gasteiger charge is -2.33. The van der Waals surface area contributed by atoms with Crippen molar-refractivity contribution < 1.29 is 13.2 Å². The molecule has 1 aliphatic heterocycles. The van der Waals surface area contributed by atoms with E-state index >= 15 is 0 Å². The van der Waals surface area contributed by atoms with Crippen molar-refractivity contribution in [1.82, 2.24) is 4.31 Å². The fraction of sp³-hybridized carbons (Fsp3) is 0.476. The summed E-state index contributed by atoms with van der Waals surface area (Å²) in [6.07, 6.45) is 7.12. The number of carbonyl (C=O) groups excluding carboxylic acids is 1. The first kappa shape index (κ1) is 19.6. The molecule has 1 aromatic carbocycles. The summed E-state index contributed by atoms with van der Waals surface area (Å²) in [5.41, 5.74) is 1.65. The van der Waals surface area contributed by atoms with Crippen molar-refractivity contribution >= 4 is 33.0 Å². The van der Waals surface area contributed by atoms with Gasteiger partial charge in [-0.25, -0.2) is 8.42 Å². The van der Waals surface area contributed by atoms with Crippen LogP contribution in [-0.4, -0.2) is 24.7 Å². The van der Waals surface area contributed by atoms with E-state index in [2.05, 4.69) is 5.32 Å². The number of hydrogen-bond acceptors (Lipinski definition) is 4. The molecule has 2 heterocycles. The van der Waals surface area contributed by atoms with Crippen LogP contribution in [0.5, 0.6) is 0 Å². The molecule has 0 radical (unpaired) electrons. The molecule has 5 nitrogen and oxygen atoms in total. The average Bonchev–Trinajstić information content (AvgIpc) is 3.13. The van der Waals surface area contributed by atoms with Crippen LogP contribution in [0.25, 0.3) is 0 Å². The number of fused-ring (bicyclic) bond motifs is 1. The van der Waals surface area contributed by atoms with Gasteiger partial charge >= 0.3 is 0 Å². The molecule has 0 spiro atoms. The second kappa shape index (κ2) is 8.35. The number of amides is 1. The Morgan fingerprint density at radius 2 is 1.89 bits per heavy atom. The maximum Gasteiger partial charge on any atom is 0.243 e. The number of carbonyl (C=O) groups is 1. The van der Waals surface area contributed by atoms with Gasteiger partial charge in [0, 0.05) is 29.6 Å². The second-order valence-electron chi connectivity index (χ2n) is 7.64. The van der Waals surface area contributed by atoms with Crippen molar-refractivity contribution in [2.75, 3.05) is 5.32 Å². The van der Waals surface area contributed by atoms with Gasteiger partial charge in [0.15, 0.2) is 0 Å². The molecule has 1 aliphatic carbocycles. The molecular weight excluding hydrogens is 392 g/mol. The maximum absolute atomic E-state index is 13.6. The van der Waals surface area contributed by atoms with E-state index in [-0.39, 0.29) is 11.9 Å². The average molecular weight is 419 g/mol. The first-order valence-corrected chi connectivity index (χ1v) is 12.3. The lowest BCUT2D eigenvalue weighted by Crippen LogP contribution is -2.40. The fourth-order valence-corrected chi connectivity index (χ4v) is 6.68. The Labute approximate surface area is 170 Å². The van der Waals surface area contributed by atoms with Crippen LogP contribution in [0.4, 0.5) is 5.69 Å². The minimum atomic E-state index is -3.61. The third-order valence-corrected chi connectivity index (χ3v) is 8.44. The molecule has 2 aliphatic rings. The van der Waals surface area contributed by atoms with Crippen LogP contribution < -0.4 is 5.32 Å². The Morgan fingerprint density at radius 1 is 1.07 bits per heavy atom. The normalized spacial score (nSPS) is 18.5. The van der Waals surface area contributed by atoms with E-state index in [0.29, 0.717) is 24.3 Å². The molecule has 4 rings (SSSR count). The molecular formula is C21H26N2O3S2. The zero-order valence-corrected chi connectivity index (χ0v) is 17.5. The molecule has 0 bridgehead atoms. The predicted octanol–water partition coefficient (Wildman–Crippen LogP) is 4.55. The molecule has 28 heavy (non-hydrogen) atoms. The van der Waals surface area contributed by atoms with E-state index in [1.807, 2.05) is 17.5 Å². The molecule has 1 aromatic heterocycles. The minimum Gasteiger partial charge on any atom is -0.326 e. The summed E-state index contributed by atoms with van der Waals surface area (Å²) >= 11 is 1.60. The first-order valence-electron chi connectivity index (χ1n) is 10.0. The van der Waals surface area contributed by atoms with Crippen LogP contribution in [0.1, 0.15) is 55.4 Å². The Hall–Kier alpha value is -1.70. The lowest BCUT2D eigenvalue weighted by atomic mass is 9.95. The number of thiophene rings is 1. The Bertz CT molecular complexity index is 933. The van der Waals surface area contributed by atoms with Gasteiger partial charge in [0.1, 0.15) is 0 Å². The largest absolute Gasteiger partial charge is 0.326 e. The van der Waals surface area contributed by atoms with Crippen molar-refractivity contribution in [3.05, 3.63) is 46.2 Å². The number of anilines is 1. The fourth-order valence-electron chi connectivity index (χ4n) is 4.18. The molecule has 1 fully saturated rings. The Balaban J connectivity index is 1.68. The summed E-state index contributed by atoms with van der Waals surface area (Å²) in [5, 5.41) is 4.88. The molecule has 1 N–H and O–H groups in total. The molecule has 2 aromatic rings. The highest BCUT2D eigenvalue weighted by molar-refractivity contribution is 7.89. The monoisotopic (exact) mass is 418 g/mol. The molecule has 7 heteroatoms. The van der Waals surface area contributed by atoms with Crippen LogP contribution in [0.15, 0.2) is 40.6 Å². The second-order valence-corrected chi connectivity index (χ2v) is 10.6. The zero-order chi connectivity index (χ0) is 19.6. The molecule has 150 valence electrons. The number of sulfonamides is 1. The van der Waals surface area contributed by atoms with Gasteiger partial charge < -0.3 is 5.32 Å². The van der Waals surface area contributed by atoms with E-state index < -0.39 is 10.0 Å². The van der Waals surface area contributed by atoms with E-state index in [1.165, 1.54) is 6.42 Å². The van der Waals surface area contributed by atoms with Crippen LogP contribution in [0.2, 0.25) is 0 Å². The maximum atomic E-state index is 13.6. The molecule has 1 saturated carbocycles. The number of nitrogens with one attached hydrogen (secondary N) is 1. The van der Waals surface area contributed by atoms with E-state index in [4.69, 9.17) is 0 Å². The summed E-state index contributed by atoms with van der Waals surface area (Å²) in [4.78, 5) is 13.2. The lowest BCUT2D eigenvalue weighted by molar-refractivity contribution is -0.116. The van der Waals surface area contributed by atoms with Crippen molar-refractivity contribution in [2.24, 2.45) is 0 Å². The van der Waals surface area contributed by atoms with E-state index in [9.17, 15) is 13.2 Å². The zero-order valence-electron chi connectivity index (χ0n) is 15.9. The number of aryl methyl sites for hydroxylation is 1. The number of rotatable bonds is 5. The van der Waals surface area contributed by atoms with E-state index in [0.717, 1.165) is 48.2 Å². The third-order valence-electron chi connectivity index (χ3n) is 5.68. The van der Waals surface area contributed by atoms with Gasteiger partial charge in [0.2, 0.25) is 15.9 Å². The number of hydrogen-bond donors (Lipinski definition) is 1. The summed E-state index contributed by atoms with van der Waals surface area (Å²) in [6.45, 7) is 0.429. The van der Waals surface area contributed by atoms with Crippen LogP contribution in [0.3, 0.4) is 0 Å². The van der Waals surface area contributed by atoms with Gasteiger partial charge in [-0.15, -0.1) is 11.3 Å². The van der Waals surface area contributed by atoms with Crippen LogP contribution in [0, 0.1) is 0 Å². The topological polar surface area (TPSA) is 66.5 Å². The highest BCUT2D eigenvalue weighted by atomic mass is 32.2. The molecule has 1 amide bonds. The highest BCUT2D eigenvalue weighted by Crippen LogP contribution is 2.32. The number of nitrogens with zero attached hydrogens (tertiary/aromatic N) is 1. The van der Waals surface area contributed by atoms with Gasteiger partial charge in [0.25, 0.3) is 0 Å². The third kappa shape index (κ3) is 4.16. The van der Waals surface area contributed by atoms with Crippen molar-refractivity contribution in [3.8, 4) is 0 Å². The first-order chi connectivity index (χ1) is 13.5. The van der Waals surface area contributed by atoms with Crippen molar-refractivity contribution in [3.63, 3.8) is 0 Å². The van der Waals surface area contributed by atoms with Gasteiger partial charge in [-0.3, -0.25) is 4.79 Å². The molecule has 0 saturated heterocycles. The minimum absolute atomic E-state index is 0.00381. The SMILES string of the molecule is O=C1CCCc2cc(S(=O)(=O)N(Cc3cccs3)C3CCCCC3)ccc2N1. The standard InChI is InChI=1S/C21H26N2O3S2/c24-21-10-4-6-16-14-19(11-12-20(16)22-21)28(25,26)23(15-18-9-5-13-27-18)17-7-2-1-3-8-17/h5,9,11-14,17H,1-4,6-8,10,15H2,(H,22,24). The number of benzene rings is 1. The Kier molecular flexibility index (Phi) is 5.85. The van der Waals surface area contributed by atoms with Gasteiger partial charge in [-0.05, 0) is 60.9 Å². The van der Waals surface area contributed by atoms with Gasteiger partial charge in [0.05, 0.1) is 4.90 Å². The summed E-state index contributed by atoms with van der Waals surface area (Å²) in [6, 6.07) is 9.18. The highest BCUT2D eigenvalue weighted by Gasteiger charge is 2.33. The van der Waals surface area contributed by atoms with Gasteiger partial charge in [-0.1, -0.05) is 25.3 Å². The van der Waals surface area contributed by atoms with E-state index in [1.54, 1.807) is 33.8 Å². The molecule has 0 atom stereocenters. The van der Waals surface area contributed by atoms with Gasteiger partial charge in [-0.2, -0.15) is 4.31 Å². The van der Waals surface area contributed by atoms with Crippen molar-refractivity contribution in [2.45, 2.75) is 68.8 Å². The quantitative estimate of drug-likeness (QED) is 0.775. The Morgan fingerprint density at radius 3 is 2.64 bits per heavy atom. The van der Waals surface area contributed by atoms with Crippen LogP contribution in [-0.2, 0) is 27.8 Å². The smallest absolute Gasteiger partial charge is 0.243 e. The predicted molar refractivity (Wildman–Crippen MR) is 112 cm³/mol. The summed E-state index contributed by atoms with van der Waals surface area (Å²) < 4.78 is 29.0. The molecule has 0 unspecified atom stereocenters. The van der Waals surface area contributed by atoms with Crippen LogP contribution >= 0.6 is 11.3 Å².